The van der Waals surface area contributed by atoms with Crippen LogP contribution >= 0.6 is 23.2 Å². The van der Waals surface area contributed by atoms with Crippen LogP contribution in [0.25, 0.3) is 11.3 Å². The molecule has 0 aliphatic carbocycles. The van der Waals surface area contributed by atoms with Gasteiger partial charge in [-0.25, -0.2) is 9.59 Å². The maximum Gasteiger partial charge on any atom is 0.336 e. The van der Waals surface area contributed by atoms with Gasteiger partial charge in [0.05, 0.1) is 40.3 Å². The van der Waals surface area contributed by atoms with E-state index in [0.717, 1.165) is 0 Å². The van der Waals surface area contributed by atoms with Crippen LogP contribution in [-0.4, -0.2) is 25.2 Å². The maximum absolute atomic E-state index is 12.8. The second-order valence-corrected chi connectivity index (χ2v) is 7.72. The summed E-state index contributed by atoms with van der Waals surface area (Å²) in [5.41, 5.74) is 2.48. The molecular formula is C23H23Cl2NO5. The lowest BCUT2D eigenvalue weighted by Crippen LogP contribution is -2.32. The van der Waals surface area contributed by atoms with Crippen molar-refractivity contribution >= 4 is 35.1 Å². The number of nitrogens with one attached hydrogen (secondary N) is 1. The van der Waals surface area contributed by atoms with Crippen LogP contribution in [0.5, 0.6) is 0 Å². The minimum Gasteiger partial charge on any atom is -0.463 e. The molecular weight excluding hydrogens is 441 g/mol. The van der Waals surface area contributed by atoms with Crippen molar-refractivity contribution in [1.82, 2.24) is 5.32 Å². The van der Waals surface area contributed by atoms with E-state index >= 15 is 0 Å². The first-order valence-electron chi connectivity index (χ1n) is 9.86. The maximum atomic E-state index is 12.8. The molecule has 2 aromatic rings. The Balaban J connectivity index is 2.12. The number of rotatable bonds is 6. The number of esters is 2. The van der Waals surface area contributed by atoms with Crippen LogP contribution < -0.4 is 5.32 Å². The number of benzene rings is 1. The zero-order valence-electron chi connectivity index (χ0n) is 17.7. The second kappa shape index (κ2) is 9.62. The molecule has 6 nitrogen and oxygen atoms in total. The molecule has 1 aliphatic rings. The normalized spacial score (nSPS) is 14.5. The predicted octanol–water partition coefficient (Wildman–Crippen LogP) is 5.61. The van der Waals surface area contributed by atoms with Crippen molar-refractivity contribution in [3.8, 4) is 11.3 Å². The molecule has 0 unspecified atom stereocenters. The first kappa shape index (κ1) is 23.0. The van der Waals surface area contributed by atoms with E-state index in [0.29, 0.717) is 49.7 Å². The molecule has 0 atom stereocenters. The molecule has 1 aliphatic heterocycles. The van der Waals surface area contributed by atoms with Gasteiger partial charge in [-0.2, -0.15) is 0 Å². The van der Waals surface area contributed by atoms with Crippen LogP contribution in [0.4, 0.5) is 0 Å². The molecule has 164 valence electrons. The Labute approximate surface area is 190 Å². The summed E-state index contributed by atoms with van der Waals surface area (Å²) in [6, 6.07) is 8.63. The van der Waals surface area contributed by atoms with Gasteiger partial charge in [0.1, 0.15) is 11.5 Å². The minimum absolute atomic E-state index is 0.201. The third-order valence-electron chi connectivity index (χ3n) is 4.87. The molecule has 3 rings (SSSR count). The number of furan rings is 1. The van der Waals surface area contributed by atoms with Gasteiger partial charge < -0.3 is 19.2 Å². The molecule has 0 saturated heterocycles. The first-order chi connectivity index (χ1) is 14.8. The number of halogens is 2. The van der Waals surface area contributed by atoms with Gasteiger partial charge in [-0.1, -0.05) is 23.2 Å². The predicted molar refractivity (Wildman–Crippen MR) is 119 cm³/mol. The molecule has 0 spiro atoms. The first-order valence-corrected chi connectivity index (χ1v) is 10.6. The molecule has 31 heavy (non-hydrogen) atoms. The zero-order chi connectivity index (χ0) is 22.7. The van der Waals surface area contributed by atoms with Crippen molar-refractivity contribution in [3.05, 3.63) is 68.7 Å². The fraction of sp³-hybridized carbons (Fsp3) is 0.304. The molecule has 0 amide bonds. The van der Waals surface area contributed by atoms with Gasteiger partial charge in [-0.15, -0.1) is 0 Å². The van der Waals surface area contributed by atoms with Gasteiger partial charge in [-0.3, -0.25) is 0 Å². The van der Waals surface area contributed by atoms with Crippen molar-refractivity contribution in [1.29, 1.82) is 0 Å². The Hall–Kier alpha value is -2.70. The van der Waals surface area contributed by atoms with Crippen molar-refractivity contribution in [2.45, 2.75) is 33.6 Å². The lowest BCUT2D eigenvalue weighted by atomic mass is 9.83. The number of hydrogen-bond donors (Lipinski definition) is 1. The highest BCUT2D eigenvalue weighted by Crippen LogP contribution is 2.41. The highest BCUT2D eigenvalue weighted by Gasteiger charge is 2.39. The summed E-state index contributed by atoms with van der Waals surface area (Å²) in [6.07, 6.45) is 0. The summed E-state index contributed by atoms with van der Waals surface area (Å²) in [4.78, 5) is 25.6. The number of carbonyl (C=O) groups is 2. The van der Waals surface area contributed by atoms with Gasteiger partial charge >= 0.3 is 11.9 Å². The van der Waals surface area contributed by atoms with E-state index in [1.165, 1.54) is 0 Å². The molecule has 0 saturated carbocycles. The monoisotopic (exact) mass is 463 g/mol. The minimum atomic E-state index is -0.782. The molecule has 8 heteroatoms. The van der Waals surface area contributed by atoms with Crippen LogP contribution in [0, 0.1) is 0 Å². The fourth-order valence-electron chi connectivity index (χ4n) is 3.55. The quantitative estimate of drug-likeness (QED) is 0.560. The van der Waals surface area contributed by atoms with Crippen molar-refractivity contribution < 1.29 is 23.5 Å². The Morgan fingerprint density at radius 1 is 0.935 bits per heavy atom. The molecule has 1 aromatic heterocycles. The van der Waals surface area contributed by atoms with E-state index in [9.17, 15) is 9.59 Å². The smallest absolute Gasteiger partial charge is 0.336 e. The van der Waals surface area contributed by atoms with Crippen LogP contribution in [-0.2, 0) is 19.1 Å². The topological polar surface area (TPSA) is 77.8 Å². The lowest BCUT2D eigenvalue weighted by Gasteiger charge is -2.28. The SMILES string of the molecule is CCOC(=O)C1=C(C)NC(C)=C(C(=O)OCC)C1c1ccc(-c2ccc(Cl)c(Cl)c2)o1. The summed E-state index contributed by atoms with van der Waals surface area (Å²) < 4.78 is 16.6. The van der Waals surface area contributed by atoms with Crippen molar-refractivity contribution in [2.75, 3.05) is 13.2 Å². The van der Waals surface area contributed by atoms with E-state index in [4.69, 9.17) is 37.1 Å². The number of ether oxygens (including phenoxy) is 2. The summed E-state index contributed by atoms with van der Waals surface area (Å²) >= 11 is 12.1. The lowest BCUT2D eigenvalue weighted by molar-refractivity contribution is -0.139. The Bertz CT molecular complexity index is 1040. The van der Waals surface area contributed by atoms with E-state index in [-0.39, 0.29) is 13.2 Å². The summed E-state index contributed by atoms with van der Waals surface area (Å²) in [7, 11) is 0. The van der Waals surface area contributed by atoms with Gasteiger partial charge in [0.2, 0.25) is 0 Å². The van der Waals surface area contributed by atoms with E-state index in [2.05, 4.69) is 5.32 Å². The molecule has 0 radical (unpaired) electrons. The molecule has 1 N–H and O–H groups in total. The van der Waals surface area contributed by atoms with Crippen LogP contribution in [0.15, 0.2) is 57.3 Å². The van der Waals surface area contributed by atoms with Gasteiger partial charge in [0, 0.05) is 17.0 Å². The molecule has 1 aromatic carbocycles. The highest BCUT2D eigenvalue weighted by molar-refractivity contribution is 6.42. The van der Waals surface area contributed by atoms with Crippen molar-refractivity contribution in [2.24, 2.45) is 0 Å². The number of allylic oxidation sites excluding steroid dienone is 2. The highest BCUT2D eigenvalue weighted by atomic mass is 35.5. The number of carbonyl (C=O) groups excluding carboxylic acids is 2. The molecule has 0 fully saturated rings. The van der Waals surface area contributed by atoms with E-state index in [1.807, 2.05) is 0 Å². The van der Waals surface area contributed by atoms with E-state index < -0.39 is 17.9 Å². The van der Waals surface area contributed by atoms with Gasteiger partial charge in [0.25, 0.3) is 0 Å². The van der Waals surface area contributed by atoms with Gasteiger partial charge in [-0.05, 0) is 58.0 Å². The molecule has 0 bridgehead atoms. The van der Waals surface area contributed by atoms with E-state index in [1.54, 1.807) is 58.0 Å². The van der Waals surface area contributed by atoms with Crippen LogP contribution in [0.2, 0.25) is 10.0 Å². The summed E-state index contributed by atoms with van der Waals surface area (Å²) in [5, 5.41) is 3.92. The Morgan fingerprint density at radius 2 is 1.52 bits per heavy atom. The Kier molecular flexibility index (Phi) is 7.13. The number of dihydropyridines is 1. The van der Waals surface area contributed by atoms with Gasteiger partial charge in [0.15, 0.2) is 0 Å². The summed E-state index contributed by atoms with van der Waals surface area (Å²) in [5.74, 6) is -0.907. The average molecular weight is 464 g/mol. The third kappa shape index (κ3) is 4.65. The van der Waals surface area contributed by atoms with Crippen LogP contribution in [0.3, 0.4) is 0 Å². The standard InChI is InChI=1S/C23H23Cl2NO5/c1-5-29-22(27)19-12(3)26-13(4)20(23(28)30-6-2)21(19)18-10-9-17(31-18)14-7-8-15(24)16(25)11-14/h7-11,21,26H,5-6H2,1-4H3. The van der Waals surface area contributed by atoms with Crippen LogP contribution in [0.1, 0.15) is 39.4 Å². The summed E-state index contributed by atoms with van der Waals surface area (Å²) in [6.45, 7) is 7.36. The third-order valence-corrected chi connectivity index (χ3v) is 5.61. The zero-order valence-corrected chi connectivity index (χ0v) is 19.2. The van der Waals surface area contributed by atoms with Crippen molar-refractivity contribution in [3.63, 3.8) is 0 Å². The largest absolute Gasteiger partial charge is 0.463 e. The second-order valence-electron chi connectivity index (χ2n) is 6.91. The number of hydrogen-bond acceptors (Lipinski definition) is 6. The average Bonchev–Trinajstić information content (AvgIpc) is 3.19. The Morgan fingerprint density at radius 3 is 2.03 bits per heavy atom. The molecule has 2 heterocycles. The fourth-order valence-corrected chi connectivity index (χ4v) is 3.85.